The van der Waals surface area contributed by atoms with Crippen molar-refractivity contribution in [3.8, 4) is 0 Å². The summed E-state index contributed by atoms with van der Waals surface area (Å²) in [6, 6.07) is 0. The maximum absolute atomic E-state index is 6.91. The Morgan fingerprint density at radius 2 is 1.74 bits per heavy atom. The van der Waals surface area contributed by atoms with E-state index in [0.29, 0.717) is 6.61 Å². The summed E-state index contributed by atoms with van der Waals surface area (Å²) in [4.78, 5) is 16.1. The van der Waals surface area contributed by atoms with Crippen LogP contribution in [0.3, 0.4) is 0 Å². The van der Waals surface area contributed by atoms with Gasteiger partial charge in [0.1, 0.15) is 12.3 Å². The first-order valence-electron chi connectivity index (χ1n) is 12.5. The Bertz CT molecular complexity index is 974. The van der Waals surface area contributed by atoms with Gasteiger partial charge in [0.05, 0.1) is 31.9 Å². The molecule has 0 amide bonds. The fourth-order valence-electron chi connectivity index (χ4n) is 3.97. The maximum atomic E-state index is 6.91. The van der Waals surface area contributed by atoms with Crippen molar-refractivity contribution in [1.29, 1.82) is 0 Å². The molecule has 8 nitrogen and oxygen atoms in total. The highest BCUT2D eigenvalue weighted by molar-refractivity contribution is 6.74. The zero-order valence-electron chi connectivity index (χ0n) is 22.7. The minimum absolute atomic E-state index is 0.0263. The molecule has 10 heteroatoms. The van der Waals surface area contributed by atoms with Crippen LogP contribution >= 0.6 is 0 Å². The monoisotopic (exact) mass is 505 g/mol. The van der Waals surface area contributed by atoms with E-state index in [1.807, 2.05) is 12.7 Å². The minimum Gasteiger partial charge on any atom is -0.414 e. The fraction of sp³-hybridized carbons (Fsp3) is 0.792. The average Bonchev–Trinajstić information content (AvgIpc) is 3.41. The highest BCUT2D eigenvalue weighted by Gasteiger charge is 2.47. The van der Waals surface area contributed by atoms with Crippen LogP contribution in [0.5, 0.6) is 0 Å². The summed E-state index contributed by atoms with van der Waals surface area (Å²) in [6.45, 7) is 25.0. The zero-order chi connectivity index (χ0) is 25.1. The summed E-state index contributed by atoms with van der Waals surface area (Å²) in [5.41, 5.74) is 0.839. The Morgan fingerprint density at radius 3 is 2.38 bits per heavy atom. The largest absolute Gasteiger partial charge is 0.414 e. The molecule has 0 aromatic carbocycles. The van der Waals surface area contributed by atoms with Gasteiger partial charge in [-0.25, -0.2) is 9.98 Å². The van der Waals surface area contributed by atoms with Crippen LogP contribution in [-0.4, -0.2) is 75.2 Å². The van der Waals surface area contributed by atoms with E-state index in [9.17, 15) is 0 Å². The van der Waals surface area contributed by atoms with Gasteiger partial charge in [0, 0.05) is 13.0 Å². The van der Waals surface area contributed by atoms with Gasteiger partial charge < -0.3 is 18.5 Å². The van der Waals surface area contributed by atoms with E-state index in [2.05, 4.69) is 87.2 Å². The van der Waals surface area contributed by atoms with Gasteiger partial charge in [0.25, 0.3) is 0 Å². The normalized spacial score (nSPS) is 25.5. The molecule has 0 saturated carbocycles. The molecule has 1 fully saturated rings. The topological polar surface area (TPSA) is 73.5 Å². The lowest BCUT2D eigenvalue weighted by Crippen LogP contribution is -2.48. The van der Waals surface area contributed by atoms with Crippen LogP contribution in [-0.2, 0) is 13.6 Å². The van der Waals surface area contributed by atoms with Crippen LogP contribution in [0.15, 0.2) is 16.3 Å². The molecule has 1 saturated heterocycles. The number of hydrogen-bond donors (Lipinski definition) is 0. The third-order valence-corrected chi connectivity index (χ3v) is 17.3. The van der Waals surface area contributed by atoms with Gasteiger partial charge in [-0.1, -0.05) is 41.5 Å². The number of nitrogens with zero attached hydrogens (tertiary/aromatic N) is 5. The standard InChI is InChI=1S/C24H43N5O3Si2/c1-23(2,3)33(7,8)30-14-18-17(32-34(9,10)24(4,5)6)13-19(31-18)29-16-26-20-21-25-11-12-28(21)15-27-22(20)29/h15-19H,11-14H2,1-10H3/t17?,18-,19-/m1/s1. The molecule has 4 rings (SSSR count). The molecule has 0 N–H and O–H groups in total. The predicted octanol–water partition coefficient (Wildman–Crippen LogP) is 5.32. The minimum atomic E-state index is -1.99. The lowest BCUT2D eigenvalue weighted by Gasteiger charge is -2.40. The van der Waals surface area contributed by atoms with Crippen molar-refractivity contribution < 1.29 is 13.6 Å². The molecular weight excluding hydrogens is 462 g/mol. The van der Waals surface area contributed by atoms with Gasteiger partial charge in [0.2, 0.25) is 0 Å². The molecule has 0 spiro atoms. The summed E-state index contributed by atoms with van der Waals surface area (Å²) in [7, 11) is -3.90. The fourth-order valence-corrected chi connectivity index (χ4v) is 6.34. The van der Waals surface area contributed by atoms with E-state index in [0.717, 1.165) is 36.9 Å². The van der Waals surface area contributed by atoms with Crippen molar-refractivity contribution in [2.24, 2.45) is 9.98 Å². The van der Waals surface area contributed by atoms with Gasteiger partial charge in [-0.2, -0.15) is 0 Å². The smallest absolute Gasteiger partial charge is 0.192 e. The molecule has 4 heterocycles. The molecule has 0 bridgehead atoms. The second-order valence-electron chi connectivity index (χ2n) is 12.8. The number of aliphatic imine (C=N–C) groups is 2. The first-order valence-corrected chi connectivity index (χ1v) is 18.3. The average molecular weight is 506 g/mol. The summed E-state index contributed by atoms with van der Waals surface area (Å²) in [5.74, 6) is 1.73. The van der Waals surface area contributed by atoms with E-state index in [4.69, 9.17) is 18.6 Å². The zero-order valence-corrected chi connectivity index (χ0v) is 24.7. The van der Waals surface area contributed by atoms with Crippen molar-refractivity contribution in [3.63, 3.8) is 0 Å². The summed E-state index contributed by atoms with van der Waals surface area (Å²) in [5, 5.41) is 0.269. The number of amidine groups is 1. The first kappa shape index (κ1) is 25.7. The molecule has 190 valence electrons. The van der Waals surface area contributed by atoms with Crippen molar-refractivity contribution in [2.75, 3.05) is 19.7 Å². The molecular formula is C24H43N5O3Si2. The molecule has 3 aliphatic heterocycles. The van der Waals surface area contributed by atoms with E-state index in [1.165, 1.54) is 0 Å². The van der Waals surface area contributed by atoms with Crippen LogP contribution in [0.4, 0.5) is 5.82 Å². The number of ether oxygens (including phenoxy) is 1. The van der Waals surface area contributed by atoms with E-state index < -0.39 is 16.6 Å². The Labute approximate surface area is 207 Å². The lowest BCUT2D eigenvalue weighted by atomic mass is 10.2. The molecule has 1 aromatic rings. The van der Waals surface area contributed by atoms with Crippen molar-refractivity contribution >= 4 is 34.6 Å². The van der Waals surface area contributed by atoms with Gasteiger partial charge in [0.15, 0.2) is 34.0 Å². The Hall–Kier alpha value is -1.34. The number of fused-ring (bicyclic) bond motifs is 3. The number of imidazole rings is 1. The number of rotatable bonds is 6. The molecule has 34 heavy (non-hydrogen) atoms. The van der Waals surface area contributed by atoms with Crippen LogP contribution < -0.4 is 0 Å². The number of aromatic nitrogens is 2. The third kappa shape index (κ3) is 4.71. The number of hydrogen-bond acceptors (Lipinski definition) is 7. The van der Waals surface area contributed by atoms with Crippen LogP contribution in [0.25, 0.3) is 0 Å². The van der Waals surface area contributed by atoms with Crippen molar-refractivity contribution in [3.05, 3.63) is 12.0 Å². The molecule has 3 aliphatic rings. The SMILES string of the molecule is CC(C)(C)[Si](C)(C)OC[C@H]1O[C@@H](n2cnc3c2N=CN2CCN=C32)CC1O[Si](C)(C)C(C)(C)C. The molecule has 1 aromatic heterocycles. The van der Waals surface area contributed by atoms with Crippen LogP contribution in [0.2, 0.25) is 36.3 Å². The van der Waals surface area contributed by atoms with E-state index >= 15 is 0 Å². The summed E-state index contributed by atoms with van der Waals surface area (Å²) >= 11 is 0. The van der Waals surface area contributed by atoms with Gasteiger partial charge in [-0.3, -0.25) is 9.56 Å². The first-order chi connectivity index (χ1) is 15.6. The summed E-state index contributed by atoms with van der Waals surface area (Å²) < 4.78 is 22.2. The highest BCUT2D eigenvalue weighted by atomic mass is 28.4. The van der Waals surface area contributed by atoms with Crippen molar-refractivity contribution in [1.82, 2.24) is 14.5 Å². The predicted molar refractivity (Wildman–Crippen MR) is 142 cm³/mol. The van der Waals surface area contributed by atoms with Gasteiger partial charge in [-0.05, 0) is 36.3 Å². The molecule has 0 aliphatic carbocycles. The second kappa shape index (κ2) is 8.65. The Kier molecular flexibility index (Phi) is 6.55. The molecule has 3 atom stereocenters. The maximum Gasteiger partial charge on any atom is 0.192 e. The van der Waals surface area contributed by atoms with Crippen LogP contribution in [0, 0.1) is 0 Å². The third-order valence-electron chi connectivity index (χ3n) is 8.33. The second-order valence-corrected chi connectivity index (χ2v) is 22.4. The molecule has 1 unspecified atom stereocenters. The van der Waals surface area contributed by atoms with Gasteiger partial charge in [-0.15, -0.1) is 0 Å². The Morgan fingerprint density at radius 1 is 1.06 bits per heavy atom. The highest BCUT2D eigenvalue weighted by Crippen LogP contribution is 2.43. The van der Waals surface area contributed by atoms with E-state index in [-0.39, 0.29) is 28.5 Å². The van der Waals surface area contributed by atoms with Crippen LogP contribution in [0.1, 0.15) is 59.9 Å². The Balaban J connectivity index is 1.58. The lowest BCUT2D eigenvalue weighted by molar-refractivity contribution is -0.0390. The van der Waals surface area contributed by atoms with Crippen molar-refractivity contribution in [2.45, 2.75) is 103 Å². The molecule has 0 radical (unpaired) electrons. The van der Waals surface area contributed by atoms with Gasteiger partial charge >= 0.3 is 0 Å². The van der Waals surface area contributed by atoms with E-state index in [1.54, 1.807) is 0 Å². The quantitative estimate of drug-likeness (QED) is 0.489. The summed E-state index contributed by atoms with van der Waals surface area (Å²) in [6.07, 6.45) is 4.12.